The fraction of sp³-hybridized carbons (Fsp3) is 0.542. The van der Waals surface area contributed by atoms with Crippen molar-refractivity contribution in [3.05, 3.63) is 47.1 Å². The molecule has 4 rings (SSSR count). The zero-order chi connectivity index (χ0) is 26.8. The summed E-state index contributed by atoms with van der Waals surface area (Å²) in [4.78, 5) is 11.4. The molecular weight excluding hydrogens is 531 g/mol. The first kappa shape index (κ1) is 27.7. The number of likely N-dealkylation sites (tertiary alicyclic amines) is 1. The summed E-state index contributed by atoms with van der Waals surface area (Å²) in [5.41, 5.74) is 1.29. The minimum Gasteiger partial charge on any atom is -0.406 e. The normalized spacial score (nSPS) is 20.7. The van der Waals surface area contributed by atoms with E-state index >= 15 is 0 Å². The van der Waals surface area contributed by atoms with Crippen molar-refractivity contribution in [2.75, 3.05) is 48.6 Å². The van der Waals surface area contributed by atoms with Crippen molar-refractivity contribution in [1.82, 2.24) is 14.8 Å². The SMILES string of the molecule is C[C@H]1CN(c2ncc(NS(C)(=O)=O)cc2Cl)CCN1C1CCN(Cc2ccc(OC(F)(F)F)cc2)CC1. The van der Waals surface area contributed by atoms with Gasteiger partial charge in [-0.25, -0.2) is 13.4 Å². The largest absolute Gasteiger partial charge is 0.573 e. The van der Waals surface area contributed by atoms with E-state index in [2.05, 4.69) is 36.1 Å². The summed E-state index contributed by atoms with van der Waals surface area (Å²) in [6.45, 7) is 7.11. The number of ether oxygens (including phenoxy) is 1. The van der Waals surface area contributed by atoms with Crippen molar-refractivity contribution in [1.29, 1.82) is 0 Å². The molecule has 1 atom stereocenters. The first-order valence-corrected chi connectivity index (χ1v) is 14.3. The van der Waals surface area contributed by atoms with E-state index in [1.165, 1.54) is 18.3 Å². The molecule has 0 bridgehead atoms. The maximum absolute atomic E-state index is 12.4. The maximum atomic E-state index is 12.4. The van der Waals surface area contributed by atoms with Gasteiger partial charge >= 0.3 is 6.36 Å². The Labute approximate surface area is 220 Å². The van der Waals surface area contributed by atoms with Crippen LogP contribution in [0.2, 0.25) is 5.02 Å². The average Bonchev–Trinajstić information content (AvgIpc) is 2.79. The topological polar surface area (TPSA) is 78.0 Å². The first-order valence-electron chi connectivity index (χ1n) is 12.1. The number of pyridine rings is 1. The number of alkyl halides is 3. The molecule has 13 heteroatoms. The molecule has 8 nitrogen and oxygen atoms in total. The monoisotopic (exact) mass is 561 g/mol. The van der Waals surface area contributed by atoms with Crippen molar-refractivity contribution in [3.63, 3.8) is 0 Å². The number of sulfonamides is 1. The maximum Gasteiger partial charge on any atom is 0.573 e. The van der Waals surface area contributed by atoms with Crippen LogP contribution in [-0.4, -0.2) is 80.6 Å². The molecule has 204 valence electrons. The van der Waals surface area contributed by atoms with Crippen molar-refractivity contribution >= 4 is 33.1 Å². The van der Waals surface area contributed by atoms with Crippen molar-refractivity contribution in [2.45, 2.75) is 44.8 Å². The molecule has 0 unspecified atom stereocenters. The van der Waals surface area contributed by atoms with Gasteiger partial charge in [0.1, 0.15) is 11.6 Å². The highest BCUT2D eigenvalue weighted by Gasteiger charge is 2.33. The minimum absolute atomic E-state index is 0.207. The number of piperazine rings is 1. The van der Waals surface area contributed by atoms with Gasteiger partial charge in [0.2, 0.25) is 10.0 Å². The molecule has 1 aromatic carbocycles. The van der Waals surface area contributed by atoms with Crippen LogP contribution in [0.15, 0.2) is 36.5 Å². The Kier molecular flexibility index (Phi) is 8.41. The number of rotatable bonds is 7. The third-order valence-corrected chi connectivity index (χ3v) is 7.58. The molecule has 2 fully saturated rings. The van der Waals surface area contributed by atoms with Gasteiger partial charge in [0.05, 0.1) is 23.2 Å². The zero-order valence-electron chi connectivity index (χ0n) is 20.7. The van der Waals surface area contributed by atoms with Crippen LogP contribution >= 0.6 is 11.6 Å². The Balaban J connectivity index is 1.27. The summed E-state index contributed by atoms with van der Waals surface area (Å²) in [5.74, 6) is 0.440. The lowest BCUT2D eigenvalue weighted by Gasteiger charge is -2.47. The molecule has 2 aromatic rings. The van der Waals surface area contributed by atoms with Crippen LogP contribution in [0.25, 0.3) is 0 Å². The standard InChI is InChI=1S/C24H31ClF3N5O3S/c1-17-15-32(23-22(25)13-19(14-29-23)30-37(2,34)35)11-12-33(17)20-7-9-31(10-8-20)16-18-3-5-21(6-4-18)36-24(26,27)28/h3-6,13-14,17,20,30H,7-12,15-16H2,1-2H3/t17-/m0/s1. The van der Waals surface area contributed by atoms with Crippen molar-refractivity contribution in [3.8, 4) is 5.75 Å². The summed E-state index contributed by atoms with van der Waals surface area (Å²) in [5, 5.41) is 0.403. The molecule has 0 aliphatic carbocycles. The smallest absolute Gasteiger partial charge is 0.406 e. The van der Waals surface area contributed by atoms with Gasteiger partial charge in [-0.1, -0.05) is 23.7 Å². The number of aromatic nitrogens is 1. The highest BCUT2D eigenvalue weighted by Crippen LogP contribution is 2.30. The molecule has 37 heavy (non-hydrogen) atoms. The fourth-order valence-corrected chi connectivity index (χ4v) is 5.93. The number of hydrogen-bond acceptors (Lipinski definition) is 7. The third-order valence-electron chi connectivity index (χ3n) is 6.69. The van der Waals surface area contributed by atoms with Gasteiger partial charge in [-0.2, -0.15) is 0 Å². The van der Waals surface area contributed by atoms with Crippen molar-refractivity contribution < 1.29 is 26.3 Å². The van der Waals surface area contributed by atoms with Crippen LogP contribution in [0, 0.1) is 0 Å². The van der Waals surface area contributed by atoms with Crippen LogP contribution in [0.3, 0.4) is 0 Å². The number of piperidine rings is 1. The van der Waals surface area contributed by atoms with Crippen LogP contribution in [0.5, 0.6) is 5.75 Å². The average molecular weight is 562 g/mol. The summed E-state index contributed by atoms with van der Waals surface area (Å²) >= 11 is 6.43. The van der Waals surface area contributed by atoms with E-state index in [9.17, 15) is 21.6 Å². The molecule has 1 N–H and O–H groups in total. The van der Waals surface area contributed by atoms with Gasteiger partial charge in [0, 0.05) is 38.3 Å². The summed E-state index contributed by atoms with van der Waals surface area (Å²) in [6, 6.07) is 8.39. The lowest BCUT2D eigenvalue weighted by molar-refractivity contribution is -0.274. The van der Waals surface area contributed by atoms with Gasteiger partial charge < -0.3 is 9.64 Å². The van der Waals surface area contributed by atoms with Crippen LogP contribution in [0.4, 0.5) is 24.7 Å². The fourth-order valence-electron chi connectivity index (χ4n) is 5.10. The van der Waals surface area contributed by atoms with E-state index in [4.69, 9.17) is 11.6 Å². The predicted molar refractivity (Wildman–Crippen MR) is 138 cm³/mol. The van der Waals surface area contributed by atoms with Gasteiger partial charge in [-0.15, -0.1) is 13.2 Å². The summed E-state index contributed by atoms with van der Waals surface area (Å²) < 4.78 is 66.3. The van der Waals surface area contributed by atoms with E-state index in [0.717, 1.165) is 57.4 Å². The molecule has 3 heterocycles. The predicted octanol–water partition coefficient (Wildman–Crippen LogP) is 4.18. The molecule has 2 saturated heterocycles. The summed E-state index contributed by atoms with van der Waals surface area (Å²) in [7, 11) is -3.40. The second kappa shape index (κ2) is 11.2. The Morgan fingerprint density at radius 1 is 1.14 bits per heavy atom. The van der Waals surface area contributed by atoms with Crippen LogP contribution < -0.4 is 14.4 Å². The zero-order valence-corrected chi connectivity index (χ0v) is 22.3. The second-order valence-electron chi connectivity index (χ2n) is 9.64. The minimum atomic E-state index is -4.68. The van der Waals surface area contributed by atoms with Gasteiger partial charge in [-0.05, 0) is 56.6 Å². The highest BCUT2D eigenvalue weighted by atomic mass is 35.5. The molecule has 1 aromatic heterocycles. The first-order chi connectivity index (χ1) is 17.4. The van der Waals surface area contributed by atoms with E-state index < -0.39 is 16.4 Å². The number of anilines is 2. The molecular formula is C24H31ClF3N5O3S. The lowest BCUT2D eigenvalue weighted by atomic mass is 9.99. The van der Waals surface area contributed by atoms with Gasteiger partial charge in [0.15, 0.2) is 0 Å². The number of nitrogens with zero attached hydrogens (tertiary/aromatic N) is 4. The number of halogens is 4. The molecule has 2 aliphatic heterocycles. The number of hydrogen-bond donors (Lipinski definition) is 1. The van der Waals surface area contributed by atoms with Crippen LogP contribution in [0.1, 0.15) is 25.3 Å². The number of benzene rings is 1. The molecule has 0 saturated carbocycles. The van der Waals surface area contributed by atoms with E-state index in [1.807, 2.05) is 0 Å². The Morgan fingerprint density at radius 3 is 2.38 bits per heavy atom. The van der Waals surface area contributed by atoms with Gasteiger partial charge in [0.25, 0.3) is 0 Å². The van der Waals surface area contributed by atoms with Crippen molar-refractivity contribution in [2.24, 2.45) is 0 Å². The molecule has 0 amide bonds. The molecule has 0 radical (unpaired) electrons. The highest BCUT2D eigenvalue weighted by molar-refractivity contribution is 7.92. The lowest BCUT2D eigenvalue weighted by Crippen LogP contribution is -2.57. The number of nitrogens with one attached hydrogen (secondary N) is 1. The Hall–Kier alpha value is -2.28. The Bertz CT molecular complexity index is 1180. The van der Waals surface area contributed by atoms with E-state index in [0.29, 0.717) is 29.1 Å². The van der Waals surface area contributed by atoms with Crippen LogP contribution in [-0.2, 0) is 16.6 Å². The molecule has 2 aliphatic rings. The van der Waals surface area contributed by atoms with E-state index in [1.54, 1.807) is 18.2 Å². The quantitative estimate of drug-likeness (QED) is 0.543. The third kappa shape index (κ3) is 7.86. The summed E-state index contributed by atoms with van der Waals surface area (Å²) in [6.07, 6.45) is -0.0909. The second-order valence-corrected chi connectivity index (χ2v) is 11.8. The van der Waals surface area contributed by atoms with Gasteiger partial charge in [-0.3, -0.25) is 14.5 Å². The van der Waals surface area contributed by atoms with E-state index in [-0.39, 0.29) is 11.8 Å². The Morgan fingerprint density at radius 2 is 1.81 bits per heavy atom. The molecule has 0 spiro atoms.